The number of ether oxygens (including phenoxy) is 3. The number of nitrogens with zero attached hydrogens (tertiary/aromatic N) is 2. The number of aromatic hydroxyl groups is 1. The van der Waals surface area contributed by atoms with E-state index in [0.29, 0.717) is 48.5 Å². The van der Waals surface area contributed by atoms with Gasteiger partial charge in [0.05, 0.1) is 10.6 Å². The molecule has 8 aromatic rings. The van der Waals surface area contributed by atoms with Crippen molar-refractivity contribution in [3.05, 3.63) is 176 Å². The molecule has 0 radical (unpaired) electrons. The third-order valence-electron chi connectivity index (χ3n) is 13.4. The molecule has 10 rings (SSSR count). The van der Waals surface area contributed by atoms with Gasteiger partial charge in [0.25, 0.3) is 0 Å². The molecular formula is C57H50ClF3N2O6S2. The minimum Gasteiger partial charge on any atom is -0.508 e. The largest absolute Gasteiger partial charge is 0.508 e. The molecule has 14 heteroatoms. The van der Waals surface area contributed by atoms with Gasteiger partial charge in [-0.1, -0.05) is 80.0 Å². The van der Waals surface area contributed by atoms with Gasteiger partial charge in [0.2, 0.25) is 11.6 Å². The molecule has 1 N–H and O–H groups in total. The molecule has 0 aliphatic carbocycles. The third kappa shape index (κ3) is 10.7. The molecular weight excluding hydrogens is 965 g/mol. The Labute approximate surface area is 422 Å². The molecule has 2 saturated heterocycles. The van der Waals surface area contributed by atoms with Crippen LogP contribution in [0.2, 0.25) is 5.02 Å². The average molecular weight is 1020 g/mol. The number of benzene rings is 6. The van der Waals surface area contributed by atoms with Crippen molar-refractivity contribution in [2.45, 2.75) is 45.4 Å². The highest BCUT2D eigenvalue weighted by molar-refractivity contribution is 7.22. The van der Waals surface area contributed by atoms with Gasteiger partial charge in [-0.25, -0.2) is 0 Å². The predicted molar refractivity (Wildman–Crippen MR) is 276 cm³/mol. The Morgan fingerprint density at radius 1 is 0.662 bits per heavy atom. The van der Waals surface area contributed by atoms with E-state index in [-0.39, 0.29) is 34.2 Å². The molecule has 2 aliphatic rings. The van der Waals surface area contributed by atoms with Crippen molar-refractivity contribution in [2.24, 2.45) is 11.8 Å². The summed E-state index contributed by atoms with van der Waals surface area (Å²) in [5, 5.41) is 11.9. The number of phenols is 1. The number of hydrogen-bond donors (Lipinski definition) is 1. The SMILES string of the molecule is C[C@H]1CCN(CCc2ccc(Oc3c(C(=O)c4ccccc4Cl)sc4cc(OC5CN(CCc6ccc(Oc7c(C(=O)c8ccccc8C(F)(F)F)sc8cc(O)ccc78)cc6)C[C@H]5C)ccc34)cc2)C1. The number of alkyl halides is 3. The van der Waals surface area contributed by atoms with E-state index in [1.165, 1.54) is 47.6 Å². The highest BCUT2D eigenvalue weighted by Crippen LogP contribution is 2.46. The molecule has 364 valence electrons. The number of hydrogen-bond acceptors (Lipinski definition) is 10. The summed E-state index contributed by atoms with van der Waals surface area (Å²) < 4.78 is 62.8. The lowest BCUT2D eigenvalue weighted by Gasteiger charge is -2.18. The second-order valence-electron chi connectivity index (χ2n) is 18.6. The van der Waals surface area contributed by atoms with E-state index in [9.17, 15) is 27.9 Å². The highest BCUT2D eigenvalue weighted by atomic mass is 35.5. The van der Waals surface area contributed by atoms with E-state index in [0.717, 1.165) is 97.1 Å². The van der Waals surface area contributed by atoms with Crippen LogP contribution in [0, 0.1) is 11.8 Å². The van der Waals surface area contributed by atoms with Gasteiger partial charge in [-0.15, -0.1) is 22.7 Å². The second-order valence-corrected chi connectivity index (χ2v) is 21.1. The first-order valence-corrected chi connectivity index (χ1v) is 25.7. The molecule has 0 spiro atoms. The van der Waals surface area contributed by atoms with E-state index >= 15 is 0 Å². The van der Waals surface area contributed by atoms with Crippen LogP contribution in [0.1, 0.15) is 67.4 Å². The molecule has 6 aromatic carbocycles. The Morgan fingerprint density at radius 2 is 1.21 bits per heavy atom. The number of fused-ring (bicyclic) bond motifs is 2. The van der Waals surface area contributed by atoms with Crippen molar-refractivity contribution in [3.63, 3.8) is 0 Å². The van der Waals surface area contributed by atoms with Gasteiger partial charge in [-0.2, -0.15) is 13.2 Å². The quantitative estimate of drug-likeness (QED) is 0.0958. The third-order valence-corrected chi connectivity index (χ3v) is 16.0. The Balaban J connectivity index is 0.802. The monoisotopic (exact) mass is 1010 g/mol. The van der Waals surface area contributed by atoms with Crippen LogP contribution < -0.4 is 14.2 Å². The number of phenolic OH excluding ortho intramolecular Hbond substituents is 1. The first kappa shape index (κ1) is 48.4. The maximum absolute atomic E-state index is 14.1. The lowest BCUT2D eigenvalue weighted by atomic mass is 10.0. The minimum atomic E-state index is -4.73. The van der Waals surface area contributed by atoms with E-state index in [1.807, 2.05) is 42.5 Å². The van der Waals surface area contributed by atoms with Gasteiger partial charge in [0, 0.05) is 69.9 Å². The number of carbonyl (C=O) groups excluding carboxylic acids is 2. The molecule has 71 heavy (non-hydrogen) atoms. The van der Waals surface area contributed by atoms with Crippen LogP contribution in [0.5, 0.6) is 34.5 Å². The van der Waals surface area contributed by atoms with Crippen molar-refractivity contribution >= 4 is 66.0 Å². The molecule has 0 saturated carbocycles. The van der Waals surface area contributed by atoms with Gasteiger partial charge in [0.1, 0.15) is 38.9 Å². The van der Waals surface area contributed by atoms with Crippen LogP contribution in [0.3, 0.4) is 0 Å². The average Bonchev–Trinajstić information content (AvgIpc) is 4.14. The summed E-state index contributed by atoms with van der Waals surface area (Å²) in [5.74, 6) is 2.32. The summed E-state index contributed by atoms with van der Waals surface area (Å²) >= 11 is 8.89. The van der Waals surface area contributed by atoms with Crippen molar-refractivity contribution < 1.29 is 42.1 Å². The molecule has 3 atom stereocenters. The normalized spacial score (nSPS) is 17.6. The van der Waals surface area contributed by atoms with Crippen LogP contribution in [0.4, 0.5) is 13.2 Å². The minimum absolute atomic E-state index is 0.00298. The number of ketones is 2. The standard InChI is InChI=1S/C57H50ClF3N2O6S2/c1-34-23-26-62(31-34)27-24-36-11-16-40(17-12-36)69-54-45-22-20-41(30-50(45)71-56(54)52(66)43-8-4-6-10-47(43)58)67-48-33-63(32-35(48)2)28-25-37-13-18-39(19-14-37)68-53-44-21-15-38(64)29-49(44)70-55(53)51(65)42-7-3-5-9-46(42)57(59,60)61/h3-22,29-30,34-35,48,64H,23-28,31-33H2,1-2H3/t34-,35+,48?/m0/s1. The lowest BCUT2D eigenvalue weighted by molar-refractivity contribution is -0.137. The number of carbonyl (C=O) groups is 2. The van der Waals surface area contributed by atoms with Gasteiger partial charge in [0.15, 0.2) is 11.5 Å². The molecule has 2 fully saturated rings. The van der Waals surface area contributed by atoms with E-state index in [4.69, 9.17) is 25.8 Å². The van der Waals surface area contributed by atoms with E-state index in [1.54, 1.807) is 42.5 Å². The predicted octanol–water partition coefficient (Wildman–Crippen LogP) is 14.4. The van der Waals surface area contributed by atoms with E-state index < -0.39 is 23.1 Å². The van der Waals surface area contributed by atoms with Crippen LogP contribution in [0.25, 0.3) is 20.2 Å². The van der Waals surface area contributed by atoms with Crippen LogP contribution in [-0.2, 0) is 19.0 Å². The summed E-state index contributed by atoms with van der Waals surface area (Å²) in [6.07, 6.45) is -1.84. The van der Waals surface area contributed by atoms with Gasteiger partial charge in [-0.3, -0.25) is 14.5 Å². The summed E-state index contributed by atoms with van der Waals surface area (Å²) in [4.78, 5) is 33.3. The van der Waals surface area contributed by atoms with Crippen LogP contribution in [-0.4, -0.2) is 71.8 Å². The van der Waals surface area contributed by atoms with Crippen molar-refractivity contribution in [2.75, 3.05) is 39.3 Å². The number of thiophene rings is 2. The fraction of sp³-hybridized carbons (Fsp3) is 0.263. The Hall–Kier alpha value is -6.22. The van der Waals surface area contributed by atoms with Crippen molar-refractivity contribution in [1.82, 2.24) is 9.80 Å². The number of halogens is 4. The first-order chi connectivity index (χ1) is 34.2. The maximum atomic E-state index is 14.1. The first-order valence-electron chi connectivity index (χ1n) is 23.7. The zero-order valence-corrected chi connectivity index (χ0v) is 41.4. The fourth-order valence-corrected chi connectivity index (χ4v) is 12.0. The highest BCUT2D eigenvalue weighted by Gasteiger charge is 2.37. The van der Waals surface area contributed by atoms with Gasteiger partial charge < -0.3 is 24.2 Å². The molecule has 2 aromatic heterocycles. The summed E-state index contributed by atoms with van der Waals surface area (Å²) in [6.45, 7) is 10.2. The molecule has 0 bridgehead atoms. The summed E-state index contributed by atoms with van der Waals surface area (Å²) in [6, 6.07) is 37.8. The van der Waals surface area contributed by atoms with Crippen LogP contribution in [0.15, 0.2) is 133 Å². The number of likely N-dealkylation sites (tertiary alicyclic amines) is 2. The van der Waals surface area contributed by atoms with E-state index in [2.05, 4.69) is 35.8 Å². The molecule has 8 nitrogen and oxygen atoms in total. The Kier molecular flexibility index (Phi) is 14.0. The smallest absolute Gasteiger partial charge is 0.417 e. The fourth-order valence-electron chi connectivity index (χ4n) is 9.54. The summed E-state index contributed by atoms with van der Waals surface area (Å²) in [5.41, 5.74) is 1.19. The van der Waals surface area contributed by atoms with Crippen molar-refractivity contribution in [3.8, 4) is 34.5 Å². The van der Waals surface area contributed by atoms with Crippen LogP contribution >= 0.6 is 34.3 Å². The second kappa shape index (κ2) is 20.5. The van der Waals surface area contributed by atoms with Gasteiger partial charge in [-0.05, 0) is 122 Å². The molecule has 1 unspecified atom stereocenters. The maximum Gasteiger partial charge on any atom is 0.417 e. The van der Waals surface area contributed by atoms with Gasteiger partial charge >= 0.3 is 6.18 Å². The lowest BCUT2D eigenvalue weighted by Crippen LogP contribution is -2.27. The van der Waals surface area contributed by atoms with Crippen molar-refractivity contribution in [1.29, 1.82) is 0 Å². The zero-order chi connectivity index (χ0) is 49.4. The summed E-state index contributed by atoms with van der Waals surface area (Å²) in [7, 11) is 0. The Morgan fingerprint density at radius 3 is 1.82 bits per heavy atom. The molecule has 4 heterocycles. The number of rotatable bonds is 16. The molecule has 0 amide bonds. The zero-order valence-electron chi connectivity index (χ0n) is 39.0. The topological polar surface area (TPSA) is 88.5 Å². The molecule has 2 aliphatic heterocycles. The Bertz CT molecular complexity index is 3250.